The van der Waals surface area contributed by atoms with Crippen LogP contribution in [0.1, 0.15) is 42.9 Å². The molecule has 9 heteroatoms. The van der Waals surface area contributed by atoms with E-state index in [0.29, 0.717) is 49.7 Å². The van der Waals surface area contributed by atoms with Crippen LogP contribution in [0, 0.1) is 11.7 Å². The molecular weight excluding hydrogens is 487 g/mol. The van der Waals surface area contributed by atoms with E-state index in [1.165, 1.54) is 11.1 Å². The molecule has 2 amide bonds. The van der Waals surface area contributed by atoms with E-state index >= 15 is 0 Å². The maximum Gasteiger partial charge on any atom is 0.262 e. The van der Waals surface area contributed by atoms with Crippen LogP contribution in [0.2, 0.25) is 0 Å². The number of rotatable bonds is 9. The maximum atomic E-state index is 14.7. The zero-order valence-corrected chi connectivity index (χ0v) is 21.9. The number of amides is 2. The fourth-order valence-electron chi connectivity index (χ4n) is 5.29. The van der Waals surface area contributed by atoms with Crippen molar-refractivity contribution in [2.45, 2.75) is 31.7 Å². The number of carbonyl (C=O) groups excluding carboxylic acids is 2. The molecule has 5 rings (SSSR count). The Morgan fingerprint density at radius 3 is 2.55 bits per heavy atom. The molecule has 0 aromatic heterocycles. The van der Waals surface area contributed by atoms with Gasteiger partial charge in [-0.2, -0.15) is 5.10 Å². The highest BCUT2D eigenvalue weighted by Crippen LogP contribution is 2.38. The first-order chi connectivity index (χ1) is 18.5. The summed E-state index contributed by atoms with van der Waals surface area (Å²) >= 11 is 0. The molecule has 3 aliphatic rings. The van der Waals surface area contributed by atoms with E-state index in [-0.39, 0.29) is 30.1 Å². The lowest BCUT2D eigenvalue weighted by Crippen LogP contribution is -2.49. The van der Waals surface area contributed by atoms with Crippen molar-refractivity contribution in [1.82, 2.24) is 14.8 Å². The van der Waals surface area contributed by atoms with Gasteiger partial charge in [-0.25, -0.2) is 9.40 Å². The highest BCUT2D eigenvalue weighted by atomic mass is 19.1. The summed E-state index contributed by atoms with van der Waals surface area (Å²) in [6.45, 7) is 4.08. The van der Waals surface area contributed by atoms with Crippen molar-refractivity contribution >= 4 is 17.5 Å². The minimum Gasteiger partial charge on any atom is -0.496 e. The van der Waals surface area contributed by atoms with Gasteiger partial charge in [0.25, 0.3) is 5.91 Å². The second-order valence-corrected chi connectivity index (χ2v) is 10.1. The van der Waals surface area contributed by atoms with Crippen molar-refractivity contribution in [3.8, 4) is 5.75 Å². The molecule has 2 aliphatic heterocycles. The zero-order valence-electron chi connectivity index (χ0n) is 21.9. The Bertz CT molecular complexity index is 1180. The Morgan fingerprint density at radius 1 is 1.11 bits per heavy atom. The van der Waals surface area contributed by atoms with Crippen LogP contribution in [0.25, 0.3) is 0 Å². The zero-order chi connectivity index (χ0) is 26.5. The van der Waals surface area contributed by atoms with Crippen LogP contribution in [0.5, 0.6) is 5.75 Å². The number of hydrazone groups is 1. The monoisotopic (exact) mass is 522 g/mol. The molecule has 0 unspecified atom stereocenters. The van der Waals surface area contributed by atoms with Gasteiger partial charge in [0.15, 0.2) is 0 Å². The lowest BCUT2D eigenvalue weighted by molar-refractivity contribution is -0.145. The molecule has 38 heavy (non-hydrogen) atoms. The highest BCUT2D eigenvalue weighted by molar-refractivity contribution is 6.03. The van der Waals surface area contributed by atoms with Gasteiger partial charge in [-0.15, -0.1) is 0 Å². The minimum absolute atomic E-state index is 0.0199. The van der Waals surface area contributed by atoms with Crippen LogP contribution in [-0.4, -0.2) is 85.4 Å². The number of nitrogens with zero attached hydrogens (tertiary/aromatic N) is 4. The molecule has 1 saturated carbocycles. The predicted molar refractivity (Wildman–Crippen MR) is 141 cm³/mol. The third-order valence-corrected chi connectivity index (χ3v) is 7.73. The topological polar surface area (TPSA) is 74.7 Å². The summed E-state index contributed by atoms with van der Waals surface area (Å²) in [5.41, 5.74) is 1.67. The van der Waals surface area contributed by atoms with Gasteiger partial charge in [-0.05, 0) is 25.0 Å². The van der Waals surface area contributed by atoms with Crippen molar-refractivity contribution in [2.75, 3.05) is 53.0 Å². The average molecular weight is 523 g/mol. The van der Waals surface area contributed by atoms with Crippen LogP contribution >= 0.6 is 0 Å². The summed E-state index contributed by atoms with van der Waals surface area (Å²) in [4.78, 5) is 31.1. The van der Waals surface area contributed by atoms with E-state index in [4.69, 9.17) is 9.47 Å². The third-order valence-electron chi connectivity index (χ3n) is 7.73. The van der Waals surface area contributed by atoms with Crippen molar-refractivity contribution in [3.05, 3.63) is 65.5 Å². The van der Waals surface area contributed by atoms with E-state index in [9.17, 15) is 14.0 Å². The SMILES string of the molecule is COc1ccccc1[C@H]1CC(c2ccccc2F)=NN1C(=O)CN(CCN1CCOCC1)C(=O)C1CCC1. The van der Waals surface area contributed by atoms with Gasteiger partial charge in [-0.1, -0.05) is 42.8 Å². The Labute approximate surface area is 223 Å². The lowest BCUT2D eigenvalue weighted by Gasteiger charge is -2.34. The number of hydrogen-bond acceptors (Lipinski definition) is 6. The summed E-state index contributed by atoms with van der Waals surface area (Å²) in [6, 6.07) is 13.5. The van der Waals surface area contributed by atoms with Gasteiger partial charge in [-0.3, -0.25) is 14.5 Å². The number of halogens is 1. The molecule has 8 nitrogen and oxygen atoms in total. The van der Waals surface area contributed by atoms with Gasteiger partial charge < -0.3 is 14.4 Å². The standard InChI is InChI=1S/C29H35FN4O4/c1-37-27-12-5-3-10-23(27)26-19-25(22-9-2-4-11-24(22)30)31-34(26)28(35)20-33(29(36)21-7-6-8-21)14-13-32-15-17-38-18-16-32/h2-5,9-12,21,26H,6-8,13-20H2,1H3/t26-/m1/s1. The molecule has 202 valence electrons. The number of ether oxygens (including phenoxy) is 2. The number of benzene rings is 2. The summed E-state index contributed by atoms with van der Waals surface area (Å²) in [7, 11) is 1.59. The van der Waals surface area contributed by atoms with Crippen LogP contribution < -0.4 is 4.74 Å². The number of methoxy groups -OCH3 is 1. The molecule has 2 fully saturated rings. The Hall–Kier alpha value is -3.30. The number of hydrogen-bond donors (Lipinski definition) is 0. The van der Waals surface area contributed by atoms with Gasteiger partial charge in [0.1, 0.15) is 18.1 Å². The predicted octanol–water partition coefficient (Wildman–Crippen LogP) is 3.47. The molecule has 2 aromatic rings. The Kier molecular flexibility index (Phi) is 8.34. The average Bonchev–Trinajstić information content (AvgIpc) is 3.36. The Balaban J connectivity index is 1.40. The first kappa shape index (κ1) is 26.3. The summed E-state index contributed by atoms with van der Waals surface area (Å²) in [5.74, 6) is -0.0266. The highest BCUT2D eigenvalue weighted by Gasteiger charge is 2.38. The Morgan fingerprint density at radius 2 is 1.84 bits per heavy atom. The fourth-order valence-corrected chi connectivity index (χ4v) is 5.29. The molecule has 2 heterocycles. The summed E-state index contributed by atoms with van der Waals surface area (Å²) in [6.07, 6.45) is 3.12. The van der Waals surface area contributed by atoms with Crippen molar-refractivity contribution in [3.63, 3.8) is 0 Å². The van der Waals surface area contributed by atoms with Crippen LogP contribution in [0.4, 0.5) is 4.39 Å². The van der Waals surface area contributed by atoms with Crippen molar-refractivity contribution in [1.29, 1.82) is 0 Å². The first-order valence-corrected chi connectivity index (χ1v) is 13.4. The number of carbonyl (C=O) groups is 2. The van der Waals surface area contributed by atoms with E-state index in [1.807, 2.05) is 24.3 Å². The fraction of sp³-hybridized carbons (Fsp3) is 0.483. The molecule has 0 radical (unpaired) electrons. The van der Waals surface area contributed by atoms with E-state index in [1.54, 1.807) is 30.2 Å². The minimum atomic E-state index is -0.465. The van der Waals surface area contributed by atoms with E-state index < -0.39 is 6.04 Å². The third kappa shape index (κ3) is 5.73. The van der Waals surface area contributed by atoms with Gasteiger partial charge >= 0.3 is 0 Å². The van der Waals surface area contributed by atoms with Gasteiger partial charge in [0, 0.05) is 49.6 Å². The second-order valence-electron chi connectivity index (χ2n) is 10.1. The number of para-hydroxylation sites is 1. The summed E-state index contributed by atoms with van der Waals surface area (Å²) < 4.78 is 25.7. The molecule has 1 saturated heterocycles. The molecule has 0 bridgehead atoms. The van der Waals surface area contributed by atoms with Crippen molar-refractivity contribution in [2.24, 2.45) is 11.0 Å². The van der Waals surface area contributed by atoms with Crippen LogP contribution in [0.3, 0.4) is 0 Å². The first-order valence-electron chi connectivity index (χ1n) is 13.4. The maximum absolute atomic E-state index is 14.7. The van der Waals surface area contributed by atoms with E-state index in [2.05, 4.69) is 10.0 Å². The quantitative estimate of drug-likeness (QED) is 0.504. The molecule has 1 aliphatic carbocycles. The molecule has 0 N–H and O–H groups in total. The van der Waals surface area contributed by atoms with Gasteiger partial charge in [0.05, 0.1) is 32.1 Å². The van der Waals surface area contributed by atoms with Gasteiger partial charge in [0.2, 0.25) is 5.91 Å². The molecule has 0 spiro atoms. The smallest absolute Gasteiger partial charge is 0.262 e. The van der Waals surface area contributed by atoms with Crippen LogP contribution in [0.15, 0.2) is 53.6 Å². The van der Waals surface area contributed by atoms with Crippen molar-refractivity contribution < 1.29 is 23.5 Å². The molecule has 2 aromatic carbocycles. The normalized spacial score (nSPS) is 20.1. The van der Waals surface area contributed by atoms with E-state index in [0.717, 1.165) is 37.9 Å². The molecule has 1 atom stereocenters. The van der Waals surface area contributed by atoms with Crippen LogP contribution in [-0.2, 0) is 14.3 Å². The summed E-state index contributed by atoms with van der Waals surface area (Å²) in [5, 5.41) is 6.06. The largest absolute Gasteiger partial charge is 0.496 e. The molecular formula is C29H35FN4O4. The second kappa shape index (κ2) is 12.0. The lowest BCUT2D eigenvalue weighted by atomic mass is 9.84. The number of morpholine rings is 1.